The van der Waals surface area contributed by atoms with Gasteiger partial charge in [-0.05, 0) is 29.3 Å². The number of benzene rings is 2. The van der Waals surface area contributed by atoms with Crippen molar-refractivity contribution in [2.75, 3.05) is 24.7 Å². The molecular weight excluding hydrogens is 374 g/mol. The molecule has 0 fully saturated rings. The maximum atomic E-state index is 12.2. The molecule has 0 radical (unpaired) electrons. The van der Waals surface area contributed by atoms with Crippen LogP contribution in [-0.2, 0) is 0 Å². The quantitative estimate of drug-likeness (QED) is 0.414. The molecule has 1 aromatic heterocycles. The summed E-state index contributed by atoms with van der Waals surface area (Å²) in [7, 11) is 3.17. The van der Waals surface area contributed by atoms with Crippen LogP contribution < -0.4 is 15.5 Å². The van der Waals surface area contributed by atoms with E-state index in [9.17, 15) is 15.1 Å². The Bertz CT molecular complexity index is 988. The average molecular weight is 397 g/mol. The molecule has 152 valence electrons. The molecule has 0 aliphatic rings. The summed E-state index contributed by atoms with van der Waals surface area (Å²) < 4.78 is 4.73. The highest BCUT2D eigenvalue weighted by atomic mass is 16.8. The van der Waals surface area contributed by atoms with E-state index in [-0.39, 0.29) is 45.5 Å². The number of hydrogen-bond acceptors (Lipinski definition) is 7. The van der Waals surface area contributed by atoms with E-state index >= 15 is 0 Å². The van der Waals surface area contributed by atoms with E-state index in [0.717, 1.165) is 12.0 Å². The number of phenols is 1. The van der Waals surface area contributed by atoms with Crippen molar-refractivity contribution in [3.05, 3.63) is 64.9 Å². The summed E-state index contributed by atoms with van der Waals surface area (Å²) in [6, 6.07) is 14.3. The van der Waals surface area contributed by atoms with Crippen LogP contribution in [0.4, 0.5) is 17.3 Å². The highest BCUT2D eigenvalue weighted by Crippen LogP contribution is 2.33. The zero-order chi connectivity index (χ0) is 21.0. The van der Waals surface area contributed by atoms with E-state index in [2.05, 4.69) is 15.8 Å². The van der Waals surface area contributed by atoms with E-state index < -0.39 is 0 Å². The first-order valence-electron chi connectivity index (χ1n) is 9.14. The summed E-state index contributed by atoms with van der Waals surface area (Å²) in [5, 5.41) is 32.4. The van der Waals surface area contributed by atoms with Gasteiger partial charge in [0, 0.05) is 14.1 Å². The zero-order valence-corrected chi connectivity index (χ0v) is 16.4. The van der Waals surface area contributed by atoms with Gasteiger partial charge in [0.1, 0.15) is 5.69 Å². The topological polar surface area (TPSA) is 118 Å². The highest BCUT2D eigenvalue weighted by Gasteiger charge is 2.24. The normalized spacial score (nSPS) is 11.7. The summed E-state index contributed by atoms with van der Waals surface area (Å²) in [6.45, 7) is 2.01. The largest absolute Gasteiger partial charge is 0.504 e. The first-order chi connectivity index (χ1) is 13.9. The predicted molar refractivity (Wildman–Crippen MR) is 108 cm³/mol. The Hall–Kier alpha value is -3.75. The SMILES string of the molecule is CC[C@@H](Nc1no[n+]([O-])c1Nc1cccc(C(=O)N(C)C)c1O)c1ccccc1. The minimum absolute atomic E-state index is 0.0240. The maximum absolute atomic E-state index is 12.2. The van der Waals surface area contributed by atoms with Crippen LogP contribution in [-0.4, -0.2) is 35.2 Å². The van der Waals surface area contributed by atoms with Crippen LogP contribution in [0.15, 0.2) is 53.2 Å². The van der Waals surface area contributed by atoms with Gasteiger partial charge in [-0.25, -0.2) is 0 Å². The monoisotopic (exact) mass is 397 g/mol. The van der Waals surface area contributed by atoms with Gasteiger partial charge in [0.25, 0.3) is 11.7 Å². The molecule has 0 aliphatic heterocycles. The van der Waals surface area contributed by atoms with Gasteiger partial charge in [0.15, 0.2) is 5.75 Å². The van der Waals surface area contributed by atoms with Gasteiger partial charge in [-0.3, -0.25) is 10.1 Å². The maximum Gasteiger partial charge on any atom is 0.324 e. The van der Waals surface area contributed by atoms with Crippen LogP contribution in [0.1, 0.15) is 35.3 Å². The lowest BCUT2D eigenvalue weighted by Crippen LogP contribution is -2.27. The Labute approximate surface area is 168 Å². The van der Waals surface area contributed by atoms with Gasteiger partial charge >= 0.3 is 5.82 Å². The molecular formula is C20H23N5O4. The standard InChI is InChI=1S/C20H23N5O4/c1-4-15(13-9-6-5-7-10-13)21-18-19(25(28)29-23-18)22-16-12-8-11-14(17(16)26)20(27)24(2)3/h5-12,15,22,26H,4H2,1-3H3,(H,21,23)/t15-/m1/s1. The molecule has 29 heavy (non-hydrogen) atoms. The smallest absolute Gasteiger partial charge is 0.324 e. The number of phenolic OH excluding ortho intramolecular Hbond substituents is 1. The Morgan fingerprint density at radius 2 is 1.97 bits per heavy atom. The van der Waals surface area contributed by atoms with Crippen molar-refractivity contribution in [2.24, 2.45) is 0 Å². The molecule has 3 aromatic rings. The van der Waals surface area contributed by atoms with Gasteiger partial charge in [-0.15, -0.1) is 0 Å². The lowest BCUT2D eigenvalue weighted by Gasteiger charge is -2.16. The second kappa shape index (κ2) is 8.51. The number of nitrogens with zero attached hydrogens (tertiary/aromatic N) is 3. The zero-order valence-electron chi connectivity index (χ0n) is 16.4. The number of carbonyl (C=O) groups excluding carboxylic acids is 1. The number of aromatic hydroxyl groups is 1. The molecule has 2 aromatic carbocycles. The second-order valence-electron chi connectivity index (χ2n) is 6.67. The van der Waals surface area contributed by atoms with Crippen LogP contribution in [0, 0.1) is 5.21 Å². The molecule has 1 atom stereocenters. The van der Waals surface area contributed by atoms with Crippen LogP contribution in [0.2, 0.25) is 0 Å². The van der Waals surface area contributed by atoms with Crippen LogP contribution >= 0.6 is 0 Å². The van der Waals surface area contributed by atoms with Gasteiger partial charge in [0.05, 0.1) is 11.6 Å². The summed E-state index contributed by atoms with van der Waals surface area (Å²) in [4.78, 5) is 13.8. The van der Waals surface area contributed by atoms with Gasteiger partial charge in [-0.2, -0.15) is 0 Å². The molecule has 0 spiro atoms. The summed E-state index contributed by atoms with van der Waals surface area (Å²) in [5.41, 5.74) is 1.32. The van der Waals surface area contributed by atoms with Crippen molar-refractivity contribution in [3.63, 3.8) is 0 Å². The van der Waals surface area contributed by atoms with Crippen molar-refractivity contribution in [2.45, 2.75) is 19.4 Å². The van der Waals surface area contributed by atoms with Crippen LogP contribution in [0.3, 0.4) is 0 Å². The Morgan fingerprint density at radius 3 is 2.62 bits per heavy atom. The van der Waals surface area contributed by atoms with Gasteiger partial charge < -0.3 is 25.2 Å². The van der Waals surface area contributed by atoms with Crippen LogP contribution in [0.5, 0.6) is 5.75 Å². The molecule has 0 unspecified atom stereocenters. The fraction of sp³-hybridized carbons (Fsp3) is 0.250. The lowest BCUT2D eigenvalue weighted by atomic mass is 10.0. The van der Waals surface area contributed by atoms with Crippen LogP contribution in [0.25, 0.3) is 0 Å². The van der Waals surface area contributed by atoms with E-state index in [1.807, 2.05) is 37.3 Å². The van der Waals surface area contributed by atoms with Crippen molar-refractivity contribution in [3.8, 4) is 5.75 Å². The summed E-state index contributed by atoms with van der Waals surface area (Å²) >= 11 is 0. The third-order valence-corrected chi connectivity index (χ3v) is 4.46. The van der Waals surface area contributed by atoms with Gasteiger partial charge in [-0.1, -0.05) is 48.2 Å². The van der Waals surface area contributed by atoms with Gasteiger partial charge in [0.2, 0.25) is 0 Å². The molecule has 9 heteroatoms. The van der Waals surface area contributed by atoms with Crippen molar-refractivity contribution < 1.29 is 19.4 Å². The third-order valence-electron chi connectivity index (χ3n) is 4.46. The Morgan fingerprint density at radius 1 is 1.24 bits per heavy atom. The molecule has 1 amide bonds. The number of para-hydroxylation sites is 1. The number of amides is 1. The number of carbonyl (C=O) groups is 1. The van der Waals surface area contributed by atoms with E-state index in [1.165, 1.54) is 11.0 Å². The highest BCUT2D eigenvalue weighted by molar-refractivity contribution is 5.98. The summed E-state index contributed by atoms with van der Waals surface area (Å²) in [6.07, 6.45) is 0.743. The lowest BCUT2D eigenvalue weighted by molar-refractivity contribution is -0.790. The number of rotatable bonds is 7. The van der Waals surface area contributed by atoms with E-state index in [0.29, 0.717) is 0 Å². The minimum Gasteiger partial charge on any atom is -0.504 e. The van der Waals surface area contributed by atoms with E-state index in [1.54, 1.807) is 26.2 Å². The molecule has 0 saturated heterocycles. The minimum atomic E-state index is -0.361. The average Bonchev–Trinajstić information content (AvgIpc) is 3.07. The third kappa shape index (κ3) is 4.23. The molecule has 0 bridgehead atoms. The van der Waals surface area contributed by atoms with E-state index in [4.69, 9.17) is 4.63 Å². The molecule has 9 nitrogen and oxygen atoms in total. The van der Waals surface area contributed by atoms with Crippen molar-refractivity contribution >= 4 is 23.2 Å². The predicted octanol–water partition coefficient (Wildman–Crippen LogP) is 3.02. The fourth-order valence-corrected chi connectivity index (χ4v) is 2.90. The fourth-order valence-electron chi connectivity index (χ4n) is 2.90. The first kappa shape index (κ1) is 20.0. The summed E-state index contributed by atoms with van der Waals surface area (Å²) in [5.74, 6) is -0.461. The Kier molecular flexibility index (Phi) is 5.87. The number of aromatic nitrogens is 2. The second-order valence-corrected chi connectivity index (χ2v) is 6.67. The number of anilines is 3. The van der Waals surface area contributed by atoms with Crippen molar-refractivity contribution in [1.82, 2.24) is 10.1 Å². The molecule has 0 aliphatic carbocycles. The number of hydrogen-bond donors (Lipinski definition) is 3. The Balaban J connectivity index is 1.89. The molecule has 3 N–H and O–H groups in total. The molecule has 1 heterocycles. The molecule has 0 saturated carbocycles. The number of nitrogens with one attached hydrogen (secondary N) is 2. The van der Waals surface area contributed by atoms with Crippen molar-refractivity contribution in [1.29, 1.82) is 0 Å². The first-order valence-corrected chi connectivity index (χ1v) is 9.14. The molecule has 3 rings (SSSR count).